The van der Waals surface area contributed by atoms with Crippen LogP contribution in [0, 0.1) is 5.92 Å². The predicted molar refractivity (Wildman–Crippen MR) is 34.1 cm³/mol. The third-order valence-corrected chi connectivity index (χ3v) is 1.63. The van der Waals surface area contributed by atoms with Crippen LogP contribution >= 0.6 is 0 Å². The van der Waals surface area contributed by atoms with E-state index in [4.69, 9.17) is 5.11 Å². The third kappa shape index (κ3) is 1.88. The summed E-state index contributed by atoms with van der Waals surface area (Å²) >= 11 is 0. The van der Waals surface area contributed by atoms with Gasteiger partial charge in [-0.15, -0.1) is 0 Å². The van der Waals surface area contributed by atoms with Crippen LogP contribution in [-0.2, 0) is 4.79 Å². The molecule has 50 valence electrons. The maximum absolute atomic E-state index is 10.0. The monoisotopic (exact) mass is 126 g/mol. The molecular formula is C7H10O2. The van der Waals surface area contributed by atoms with Crippen molar-refractivity contribution in [3.8, 4) is 0 Å². The lowest BCUT2D eigenvalue weighted by Crippen LogP contribution is -1.93. The summed E-state index contributed by atoms with van der Waals surface area (Å²) in [5.74, 6) is -0.171. The van der Waals surface area contributed by atoms with E-state index < -0.39 is 5.97 Å². The van der Waals surface area contributed by atoms with E-state index in [1.54, 1.807) is 0 Å². The summed E-state index contributed by atoms with van der Waals surface area (Å²) in [6, 6.07) is 0. The number of allylic oxidation sites excluding steroid dienone is 1. The first kappa shape index (κ1) is 6.33. The number of carboxylic acid groups (broad SMARTS) is 1. The number of carbonyl (C=O) groups is 1. The summed E-state index contributed by atoms with van der Waals surface area (Å²) < 4.78 is 0. The Kier molecular flexibility index (Phi) is 1.56. The minimum Gasteiger partial charge on any atom is -0.481 e. The maximum Gasteiger partial charge on any atom is 0.303 e. The fraction of sp³-hybridized carbons (Fsp3) is 0.571. The van der Waals surface area contributed by atoms with E-state index in [0.29, 0.717) is 12.3 Å². The molecule has 2 heteroatoms. The highest BCUT2D eigenvalue weighted by molar-refractivity contribution is 5.66. The Labute approximate surface area is 54.2 Å². The molecule has 0 amide bonds. The van der Waals surface area contributed by atoms with Crippen LogP contribution in [0.2, 0.25) is 0 Å². The second-order valence-electron chi connectivity index (χ2n) is 2.49. The van der Waals surface area contributed by atoms with Gasteiger partial charge in [-0.25, -0.2) is 0 Å². The predicted octanol–water partition coefficient (Wildman–Crippen LogP) is 1.43. The minimum absolute atomic E-state index is 0.295. The first-order valence-corrected chi connectivity index (χ1v) is 3.09. The molecule has 0 aliphatic heterocycles. The number of rotatable bonds is 3. The second kappa shape index (κ2) is 2.21. The molecule has 9 heavy (non-hydrogen) atoms. The van der Waals surface area contributed by atoms with Gasteiger partial charge in [0.25, 0.3) is 0 Å². The number of hydrogen-bond donors (Lipinski definition) is 1. The second-order valence-corrected chi connectivity index (χ2v) is 2.49. The zero-order chi connectivity index (χ0) is 6.85. The number of aliphatic carboxylic acids is 1. The Morgan fingerprint density at radius 2 is 2.44 bits per heavy atom. The molecule has 0 aromatic carbocycles. The van der Waals surface area contributed by atoms with Gasteiger partial charge in [0.15, 0.2) is 0 Å². The zero-order valence-corrected chi connectivity index (χ0v) is 5.26. The van der Waals surface area contributed by atoms with Gasteiger partial charge >= 0.3 is 5.97 Å². The molecule has 1 saturated carbocycles. The van der Waals surface area contributed by atoms with E-state index in [-0.39, 0.29) is 0 Å². The van der Waals surface area contributed by atoms with Crippen molar-refractivity contribution in [3.05, 3.63) is 12.2 Å². The summed E-state index contributed by atoms with van der Waals surface area (Å²) in [7, 11) is 0. The van der Waals surface area contributed by atoms with Crippen LogP contribution < -0.4 is 0 Å². The lowest BCUT2D eigenvalue weighted by Gasteiger charge is -1.88. The third-order valence-electron chi connectivity index (χ3n) is 1.63. The van der Waals surface area contributed by atoms with Crippen LogP contribution in [0.5, 0.6) is 0 Å². The first-order chi connectivity index (χ1) is 4.20. The molecule has 0 aromatic heterocycles. The zero-order valence-electron chi connectivity index (χ0n) is 5.26. The highest BCUT2D eigenvalue weighted by atomic mass is 16.4. The van der Waals surface area contributed by atoms with Crippen molar-refractivity contribution in [2.75, 3.05) is 0 Å². The molecule has 0 radical (unpaired) electrons. The van der Waals surface area contributed by atoms with E-state index in [1.165, 1.54) is 5.57 Å². The van der Waals surface area contributed by atoms with Gasteiger partial charge < -0.3 is 5.11 Å². The topological polar surface area (TPSA) is 37.3 Å². The fourth-order valence-electron chi connectivity index (χ4n) is 0.861. The lowest BCUT2D eigenvalue weighted by molar-refractivity contribution is -0.137. The van der Waals surface area contributed by atoms with Crippen LogP contribution in [0.25, 0.3) is 0 Å². The quantitative estimate of drug-likeness (QED) is 0.581. The van der Waals surface area contributed by atoms with Crippen molar-refractivity contribution in [2.45, 2.75) is 19.3 Å². The standard InChI is InChI=1S/C7H10O2/c1-5-4-6(5)2-3-7(8)9/h6H,1-4H2,(H,8,9). The van der Waals surface area contributed by atoms with Gasteiger partial charge in [0.05, 0.1) is 0 Å². The van der Waals surface area contributed by atoms with E-state index in [0.717, 1.165) is 12.8 Å². The Morgan fingerprint density at radius 3 is 2.78 bits per heavy atom. The highest BCUT2D eigenvalue weighted by Gasteiger charge is 2.26. The Morgan fingerprint density at radius 1 is 1.89 bits per heavy atom. The molecule has 1 aliphatic carbocycles. The number of hydrogen-bond acceptors (Lipinski definition) is 1. The average Bonchev–Trinajstić information content (AvgIpc) is 2.42. The van der Waals surface area contributed by atoms with Gasteiger partial charge in [0.2, 0.25) is 0 Å². The van der Waals surface area contributed by atoms with Gasteiger partial charge in [-0.2, -0.15) is 0 Å². The summed E-state index contributed by atoms with van der Waals surface area (Å²) in [6.07, 6.45) is 2.13. The minimum atomic E-state index is -0.699. The normalized spacial score (nSPS) is 24.0. The van der Waals surface area contributed by atoms with E-state index >= 15 is 0 Å². The molecule has 0 bridgehead atoms. The van der Waals surface area contributed by atoms with Crippen LogP contribution in [0.15, 0.2) is 12.2 Å². The van der Waals surface area contributed by atoms with Gasteiger partial charge in [-0.05, 0) is 18.8 Å². The molecule has 1 rings (SSSR count). The molecule has 1 aliphatic rings. The van der Waals surface area contributed by atoms with Crippen molar-refractivity contribution >= 4 is 5.97 Å². The van der Waals surface area contributed by atoms with Gasteiger partial charge in [-0.1, -0.05) is 12.2 Å². The SMILES string of the molecule is C=C1CC1CCC(=O)O. The van der Waals surface area contributed by atoms with Gasteiger partial charge in [-0.3, -0.25) is 4.79 Å². The van der Waals surface area contributed by atoms with Crippen molar-refractivity contribution in [1.82, 2.24) is 0 Å². The van der Waals surface area contributed by atoms with Crippen molar-refractivity contribution in [3.63, 3.8) is 0 Å². The Hall–Kier alpha value is -0.790. The van der Waals surface area contributed by atoms with Crippen LogP contribution in [0.4, 0.5) is 0 Å². The van der Waals surface area contributed by atoms with Gasteiger partial charge in [0.1, 0.15) is 0 Å². The van der Waals surface area contributed by atoms with Crippen LogP contribution in [-0.4, -0.2) is 11.1 Å². The summed E-state index contributed by atoms with van der Waals surface area (Å²) in [5, 5.41) is 8.25. The van der Waals surface area contributed by atoms with Crippen molar-refractivity contribution in [1.29, 1.82) is 0 Å². The fourth-order valence-corrected chi connectivity index (χ4v) is 0.861. The van der Waals surface area contributed by atoms with E-state index in [2.05, 4.69) is 6.58 Å². The molecule has 1 unspecified atom stereocenters. The molecular weight excluding hydrogens is 116 g/mol. The van der Waals surface area contributed by atoms with Crippen molar-refractivity contribution < 1.29 is 9.90 Å². The highest BCUT2D eigenvalue weighted by Crippen LogP contribution is 2.39. The maximum atomic E-state index is 10.0. The van der Waals surface area contributed by atoms with Crippen molar-refractivity contribution in [2.24, 2.45) is 5.92 Å². The van der Waals surface area contributed by atoms with Gasteiger partial charge in [0, 0.05) is 6.42 Å². The van der Waals surface area contributed by atoms with E-state index in [1.807, 2.05) is 0 Å². The summed E-state index contributed by atoms with van der Waals surface area (Å²) in [4.78, 5) is 10.0. The molecule has 0 aromatic rings. The average molecular weight is 126 g/mol. The van der Waals surface area contributed by atoms with Crippen LogP contribution in [0.3, 0.4) is 0 Å². The molecule has 0 spiro atoms. The molecule has 2 nitrogen and oxygen atoms in total. The molecule has 0 heterocycles. The molecule has 1 N–H and O–H groups in total. The first-order valence-electron chi connectivity index (χ1n) is 3.09. The Bertz CT molecular complexity index is 149. The molecule has 0 saturated heterocycles. The summed E-state index contributed by atoms with van der Waals surface area (Å²) in [6.45, 7) is 3.73. The molecule has 1 atom stereocenters. The molecule has 1 fully saturated rings. The number of carboxylic acids is 1. The lowest BCUT2D eigenvalue weighted by atomic mass is 10.2. The smallest absolute Gasteiger partial charge is 0.303 e. The van der Waals surface area contributed by atoms with Crippen LogP contribution in [0.1, 0.15) is 19.3 Å². The summed E-state index contributed by atoms with van der Waals surface area (Å²) in [5.41, 5.74) is 1.22. The van der Waals surface area contributed by atoms with E-state index in [9.17, 15) is 4.79 Å². The Balaban J connectivity index is 2.07. The largest absolute Gasteiger partial charge is 0.481 e.